The molecule has 0 bridgehead atoms. The third-order valence-electron chi connectivity index (χ3n) is 5.58. The number of carbonyl (C=O) groups excluding carboxylic acids is 2. The Morgan fingerprint density at radius 1 is 1.00 bits per heavy atom. The van der Waals surface area contributed by atoms with Crippen LogP contribution in [0.25, 0.3) is 0 Å². The average molecular weight is 395 g/mol. The van der Waals surface area contributed by atoms with Gasteiger partial charge in [0.05, 0.1) is 19.9 Å². The van der Waals surface area contributed by atoms with Crippen molar-refractivity contribution in [3.63, 3.8) is 0 Å². The molecule has 2 aliphatic rings. The van der Waals surface area contributed by atoms with Crippen molar-refractivity contribution < 1.29 is 23.5 Å². The number of halogens is 1. The van der Waals surface area contributed by atoms with Gasteiger partial charge in [-0.1, -0.05) is 12.1 Å². The minimum Gasteiger partial charge on any atom is -0.497 e. The summed E-state index contributed by atoms with van der Waals surface area (Å²) < 4.78 is 24.1. The van der Waals surface area contributed by atoms with Crippen LogP contribution in [0.15, 0.2) is 53.7 Å². The number of benzene rings is 2. The van der Waals surface area contributed by atoms with Crippen molar-refractivity contribution >= 4 is 17.4 Å². The molecule has 1 amide bonds. The molecule has 1 heterocycles. The molecule has 0 N–H and O–H groups in total. The SMILES string of the molecule is COc1ccc(N2C(=O)CC(c3ccc(F)cc3)C3=C2CCCC3=O)c(OC)c1. The lowest BCUT2D eigenvalue weighted by Gasteiger charge is -2.38. The summed E-state index contributed by atoms with van der Waals surface area (Å²) in [6.07, 6.45) is 1.92. The number of methoxy groups -OCH3 is 2. The Balaban J connectivity index is 1.86. The second-order valence-electron chi connectivity index (χ2n) is 7.21. The van der Waals surface area contributed by atoms with Gasteiger partial charge in [0.1, 0.15) is 17.3 Å². The van der Waals surface area contributed by atoms with Gasteiger partial charge in [-0.25, -0.2) is 4.39 Å². The Hall–Kier alpha value is -3.15. The number of hydrogen-bond donors (Lipinski definition) is 0. The molecule has 2 aromatic carbocycles. The van der Waals surface area contributed by atoms with Gasteiger partial charge < -0.3 is 9.47 Å². The van der Waals surface area contributed by atoms with Crippen molar-refractivity contribution in [2.45, 2.75) is 31.6 Å². The van der Waals surface area contributed by atoms with Crippen LogP contribution in [0.3, 0.4) is 0 Å². The van der Waals surface area contributed by atoms with Gasteiger partial charge in [-0.3, -0.25) is 14.5 Å². The molecule has 1 aliphatic heterocycles. The number of anilines is 1. The molecule has 0 saturated heterocycles. The minimum atomic E-state index is -0.355. The fraction of sp³-hybridized carbons (Fsp3) is 0.304. The van der Waals surface area contributed by atoms with Crippen molar-refractivity contribution in [3.8, 4) is 11.5 Å². The molecule has 6 heteroatoms. The first-order chi connectivity index (χ1) is 14.0. The van der Waals surface area contributed by atoms with E-state index in [4.69, 9.17) is 9.47 Å². The Morgan fingerprint density at radius 3 is 2.45 bits per heavy atom. The van der Waals surface area contributed by atoms with Crippen molar-refractivity contribution in [2.24, 2.45) is 0 Å². The molecular formula is C23H22FNO4. The van der Waals surface area contributed by atoms with Crippen molar-refractivity contribution in [2.75, 3.05) is 19.1 Å². The molecule has 1 atom stereocenters. The number of nitrogens with zero attached hydrogens (tertiary/aromatic N) is 1. The molecule has 0 spiro atoms. The van der Waals surface area contributed by atoms with E-state index >= 15 is 0 Å². The predicted molar refractivity (Wildman–Crippen MR) is 107 cm³/mol. The lowest BCUT2D eigenvalue weighted by molar-refractivity contribution is -0.120. The number of ketones is 1. The van der Waals surface area contributed by atoms with E-state index in [1.165, 1.54) is 19.2 Å². The molecule has 4 rings (SSSR count). The Bertz CT molecular complexity index is 996. The quantitative estimate of drug-likeness (QED) is 0.771. The first-order valence-corrected chi connectivity index (χ1v) is 9.60. The maximum atomic E-state index is 13.4. The minimum absolute atomic E-state index is 0.0468. The standard InChI is InChI=1S/C23H22FNO4/c1-28-16-10-11-18(21(12-16)29-2)25-19-4-3-5-20(26)23(19)17(13-22(25)27)14-6-8-15(24)9-7-14/h6-12,17H,3-5,13H2,1-2H3. The summed E-state index contributed by atoms with van der Waals surface area (Å²) in [6, 6.07) is 11.3. The zero-order valence-electron chi connectivity index (χ0n) is 16.4. The summed E-state index contributed by atoms with van der Waals surface area (Å²) in [5.41, 5.74) is 2.75. The van der Waals surface area contributed by atoms with Gasteiger partial charge in [0, 0.05) is 36.1 Å². The zero-order chi connectivity index (χ0) is 20.5. The average Bonchev–Trinajstić information content (AvgIpc) is 2.73. The van der Waals surface area contributed by atoms with Crippen LogP contribution in [-0.2, 0) is 9.59 Å². The highest BCUT2D eigenvalue weighted by atomic mass is 19.1. The molecule has 29 heavy (non-hydrogen) atoms. The van der Waals surface area contributed by atoms with Crippen LogP contribution in [-0.4, -0.2) is 25.9 Å². The van der Waals surface area contributed by atoms with Crippen LogP contribution in [0.1, 0.15) is 37.2 Å². The van der Waals surface area contributed by atoms with Crippen molar-refractivity contribution in [3.05, 3.63) is 65.1 Å². The summed E-state index contributed by atoms with van der Waals surface area (Å²) in [7, 11) is 3.10. The van der Waals surface area contributed by atoms with E-state index in [0.717, 1.165) is 11.3 Å². The maximum absolute atomic E-state index is 13.4. The number of allylic oxidation sites excluding steroid dienone is 2. The molecule has 0 fully saturated rings. The lowest BCUT2D eigenvalue weighted by atomic mass is 9.77. The summed E-state index contributed by atoms with van der Waals surface area (Å²) in [6.45, 7) is 0. The predicted octanol–water partition coefficient (Wildman–Crippen LogP) is 4.37. The molecule has 150 valence electrons. The van der Waals surface area contributed by atoms with Gasteiger partial charge >= 0.3 is 0 Å². The third-order valence-corrected chi connectivity index (χ3v) is 5.58. The van der Waals surface area contributed by atoms with E-state index in [2.05, 4.69) is 0 Å². The van der Waals surface area contributed by atoms with Gasteiger partial charge in [-0.2, -0.15) is 0 Å². The van der Waals surface area contributed by atoms with E-state index in [1.807, 2.05) is 0 Å². The van der Waals surface area contributed by atoms with Crippen LogP contribution in [0.2, 0.25) is 0 Å². The lowest BCUT2D eigenvalue weighted by Crippen LogP contribution is -2.40. The van der Waals surface area contributed by atoms with E-state index < -0.39 is 0 Å². The van der Waals surface area contributed by atoms with Crippen molar-refractivity contribution in [1.29, 1.82) is 0 Å². The number of ether oxygens (including phenoxy) is 2. The summed E-state index contributed by atoms with van der Waals surface area (Å²) in [4.78, 5) is 27.8. The largest absolute Gasteiger partial charge is 0.497 e. The van der Waals surface area contributed by atoms with Crippen LogP contribution < -0.4 is 14.4 Å². The zero-order valence-corrected chi connectivity index (χ0v) is 16.4. The summed E-state index contributed by atoms with van der Waals surface area (Å²) in [5.74, 6) is 0.355. The Morgan fingerprint density at radius 2 is 1.76 bits per heavy atom. The monoisotopic (exact) mass is 395 g/mol. The van der Waals surface area contributed by atoms with Gasteiger partial charge in [-0.15, -0.1) is 0 Å². The molecule has 0 aromatic heterocycles. The van der Waals surface area contributed by atoms with E-state index in [1.54, 1.807) is 42.3 Å². The normalized spacial score (nSPS) is 19.3. The topological polar surface area (TPSA) is 55.8 Å². The third kappa shape index (κ3) is 3.39. The van der Waals surface area contributed by atoms with Crippen LogP contribution in [0.5, 0.6) is 11.5 Å². The Kier molecular flexibility index (Phi) is 5.09. The van der Waals surface area contributed by atoms with Crippen LogP contribution in [0, 0.1) is 5.82 Å². The summed E-state index contributed by atoms with van der Waals surface area (Å²) in [5, 5.41) is 0. The highest BCUT2D eigenvalue weighted by molar-refractivity contribution is 6.08. The second kappa shape index (κ2) is 7.70. The summed E-state index contributed by atoms with van der Waals surface area (Å²) >= 11 is 0. The first-order valence-electron chi connectivity index (χ1n) is 9.60. The van der Waals surface area contributed by atoms with Gasteiger partial charge in [-0.05, 0) is 42.7 Å². The fourth-order valence-electron chi connectivity index (χ4n) is 4.22. The fourth-order valence-corrected chi connectivity index (χ4v) is 4.22. The molecule has 5 nitrogen and oxygen atoms in total. The molecule has 2 aromatic rings. The highest BCUT2D eigenvalue weighted by Gasteiger charge is 2.40. The van der Waals surface area contributed by atoms with E-state index in [9.17, 15) is 14.0 Å². The number of hydrogen-bond acceptors (Lipinski definition) is 4. The van der Waals surface area contributed by atoms with Crippen LogP contribution >= 0.6 is 0 Å². The smallest absolute Gasteiger partial charge is 0.232 e. The molecule has 1 unspecified atom stereocenters. The molecule has 0 radical (unpaired) electrons. The number of Topliss-reactive ketones (excluding diaryl/α,β-unsaturated/α-hetero) is 1. The maximum Gasteiger partial charge on any atom is 0.232 e. The number of carbonyl (C=O) groups is 2. The van der Waals surface area contributed by atoms with Crippen molar-refractivity contribution in [1.82, 2.24) is 0 Å². The molecule has 1 aliphatic carbocycles. The highest BCUT2D eigenvalue weighted by Crippen LogP contribution is 2.45. The van der Waals surface area contributed by atoms with Gasteiger partial charge in [0.2, 0.25) is 5.91 Å². The molecular weight excluding hydrogens is 373 g/mol. The van der Waals surface area contributed by atoms with E-state index in [0.29, 0.717) is 42.0 Å². The molecule has 0 saturated carbocycles. The van der Waals surface area contributed by atoms with Crippen LogP contribution in [0.4, 0.5) is 10.1 Å². The number of rotatable bonds is 4. The number of amides is 1. The van der Waals surface area contributed by atoms with Gasteiger partial charge in [0.25, 0.3) is 0 Å². The first kappa shape index (κ1) is 19.2. The van der Waals surface area contributed by atoms with E-state index in [-0.39, 0.29) is 29.8 Å². The van der Waals surface area contributed by atoms with Gasteiger partial charge in [0.15, 0.2) is 5.78 Å². The Labute approximate surface area is 168 Å². The second-order valence-corrected chi connectivity index (χ2v) is 7.21.